The molecule has 6 heteroatoms. The second kappa shape index (κ2) is 6.85. The van der Waals surface area contributed by atoms with Gasteiger partial charge in [0, 0.05) is 24.5 Å². The standard InChI is InChI=1S/C15H24N4OS/c1-11-10-21-15(17-11)18-14(20)9-19(7-12-4-5-12)8-13-3-2-6-16-13/h10,12-13,16H,2-9H2,1H3,(H,17,18,20). The molecular weight excluding hydrogens is 284 g/mol. The summed E-state index contributed by atoms with van der Waals surface area (Å²) in [5, 5.41) is 9.11. The van der Waals surface area contributed by atoms with Crippen LogP contribution in [-0.4, -0.2) is 48.0 Å². The van der Waals surface area contributed by atoms with Crippen molar-refractivity contribution in [2.24, 2.45) is 5.92 Å². The summed E-state index contributed by atoms with van der Waals surface area (Å²) in [6.45, 7) is 5.58. The molecule has 0 aromatic carbocycles. The number of aryl methyl sites for hydroxylation is 1. The first kappa shape index (κ1) is 14.9. The smallest absolute Gasteiger partial charge is 0.240 e. The van der Waals surface area contributed by atoms with Gasteiger partial charge in [0.1, 0.15) is 0 Å². The zero-order valence-corrected chi connectivity index (χ0v) is 13.4. The van der Waals surface area contributed by atoms with Gasteiger partial charge in [-0.25, -0.2) is 4.98 Å². The van der Waals surface area contributed by atoms with Crippen molar-refractivity contribution in [2.75, 3.05) is 31.5 Å². The summed E-state index contributed by atoms with van der Waals surface area (Å²) in [5.41, 5.74) is 0.959. The Morgan fingerprint density at radius 1 is 1.48 bits per heavy atom. The Kier molecular flexibility index (Phi) is 4.87. The topological polar surface area (TPSA) is 57.3 Å². The van der Waals surface area contributed by atoms with Crippen LogP contribution in [0.4, 0.5) is 5.13 Å². The normalized spacial score (nSPS) is 21.9. The summed E-state index contributed by atoms with van der Waals surface area (Å²) < 4.78 is 0. The molecule has 2 aliphatic rings. The van der Waals surface area contributed by atoms with E-state index in [0.29, 0.717) is 17.7 Å². The van der Waals surface area contributed by atoms with Crippen LogP contribution in [0.25, 0.3) is 0 Å². The number of amides is 1. The van der Waals surface area contributed by atoms with E-state index in [0.717, 1.165) is 31.2 Å². The van der Waals surface area contributed by atoms with Crippen molar-refractivity contribution in [1.82, 2.24) is 15.2 Å². The number of nitrogens with one attached hydrogen (secondary N) is 2. The molecule has 1 aliphatic carbocycles. The fraction of sp³-hybridized carbons (Fsp3) is 0.733. The molecule has 2 N–H and O–H groups in total. The van der Waals surface area contributed by atoms with Crippen LogP contribution in [0, 0.1) is 12.8 Å². The largest absolute Gasteiger partial charge is 0.313 e. The quantitative estimate of drug-likeness (QED) is 0.807. The van der Waals surface area contributed by atoms with Gasteiger partial charge in [0.2, 0.25) is 5.91 Å². The number of anilines is 1. The van der Waals surface area contributed by atoms with Gasteiger partial charge in [-0.15, -0.1) is 11.3 Å². The highest BCUT2D eigenvalue weighted by Crippen LogP contribution is 2.30. The zero-order chi connectivity index (χ0) is 14.7. The first-order valence-corrected chi connectivity index (χ1v) is 8.75. The molecule has 0 bridgehead atoms. The predicted octanol–water partition coefficient (Wildman–Crippen LogP) is 1.85. The van der Waals surface area contributed by atoms with E-state index >= 15 is 0 Å². The average Bonchev–Trinajstić information content (AvgIpc) is 2.92. The minimum atomic E-state index is 0.0583. The lowest BCUT2D eigenvalue weighted by Gasteiger charge is -2.24. The van der Waals surface area contributed by atoms with Gasteiger partial charge in [0.15, 0.2) is 5.13 Å². The monoisotopic (exact) mass is 308 g/mol. The van der Waals surface area contributed by atoms with Gasteiger partial charge in [0.05, 0.1) is 12.2 Å². The van der Waals surface area contributed by atoms with Crippen LogP contribution in [0.5, 0.6) is 0 Å². The Hall–Kier alpha value is -0.980. The molecule has 1 amide bonds. The molecule has 2 heterocycles. The maximum Gasteiger partial charge on any atom is 0.240 e. The number of aromatic nitrogens is 1. The summed E-state index contributed by atoms with van der Waals surface area (Å²) >= 11 is 1.49. The first-order chi connectivity index (χ1) is 10.2. The number of rotatable bonds is 7. The molecular formula is C15H24N4OS. The zero-order valence-electron chi connectivity index (χ0n) is 12.6. The molecule has 116 valence electrons. The van der Waals surface area contributed by atoms with E-state index in [-0.39, 0.29) is 5.91 Å². The molecule has 1 aromatic rings. The van der Waals surface area contributed by atoms with Gasteiger partial charge >= 0.3 is 0 Å². The van der Waals surface area contributed by atoms with Gasteiger partial charge in [-0.1, -0.05) is 0 Å². The number of hydrogen-bond acceptors (Lipinski definition) is 5. The summed E-state index contributed by atoms with van der Waals surface area (Å²) in [4.78, 5) is 18.8. The molecule has 0 spiro atoms. The highest BCUT2D eigenvalue weighted by molar-refractivity contribution is 7.13. The molecule has 1 aromatic heterocycles. The van der Waals surface area contributed by atoms with E-state index in [4.69, 9.17) is 0 Å². The number of carbonyl (C=O) groups is 1. The summed E-state index contributed by atoms with van der Waals surface area (Å²) in [7, 11) is 0. The molecule has 1 saturated heterocycles. The van der Waals surface area contributed by atoms with E-state index in [1.165, 1.54) is 37.0 Å². The average molecular weight is 308 g/mol. The van der Waals surface area contributed by atoms with Crippen molar-refractivity contribution in [3.63, 3.8) is 0 Å². The van der Waals surface area contributed by atoms with Crippen molar-refractivity contribution in [3.05, 3.63) is 11.1 Å². The third-order valence-corrected chi connectivity index (χ3v) is 4.96. The molecule has 5 nitrogen and oxygen atoms in total. The Morgan fingerprint density at radius 3 is 2.95 bits per heavy atom. The van der Waals surface area contributed by atoms with Crippen LogP contribution in [0.1, 0.15) is 31.4 Å². The fourth-order valence-electron chi connectivity index (χ4n) is 2.87. The Bertz CT molecular complexity index is 480. The second-order valence-corrected chi connectivity index (χ2v) is 7.13. The molecule has 1 unspecified atom stereocenters. The van der Waals surface area contributed by atoms with Gasteiger partial charge in [0.25, 0.3) is 0 Å². The van der Waals surface area contributed by atoms with Crippen LogP contribution in [0.2, 0.25) is 0 Å². The SMILES string of the molecule is Cc1csc(NC(=O)CN(CC2CC2)CC2CCCN2)n1. The molecule has 1 saturated carbocycles. The molecule has 2 fully saturated rings. The van der Waals surface area contributed by atoms with Crippen LogP contribution < -0.4 is 10.6 Å². The third-order valence-electron chi connectivity index (χ3n) is 4.09. The van der Waals surface area contributed by atoms with E-state index in [1.807, 2.05) is 12.3 Å². The summed E-state index contributed by atoms with van der Waals surface area (Å²) in [5.74, 6) is 0.865. The van der Waals surface area contributed by atoms with Crippen LogP contribution in [-0.2, 0) is 4.79 Å². The predicted molar refractivity (Wildman–Crippen MR) is 85.7 cm³/mol. The first-order valence-electron chi connectivity index (χ1n) is 7.87. The fourth-order valence-corrected chi connectivity index (χ4v) is 3.57. The second-order valence-electron chi connectivity index (χ2n) is 6.27. The van der Waals surface area contributed by atoms with E-state index in [1.54, 1.807) is 0 Å². The van der Waals surface area contributed by atoms with E-state index < -0.39 is 0 Å². The lowest BCUT2D eigenvalue weighted by atomic mass is 10.2. The van der Waals surface area contributed by atoms with Crippen molar-refractivity contribution in [2.45, 2.75) is 38.6 Å². The number of nitrogens with zero attached hydrogens (tertiary/aromatic N) is 2. The number of hydrogen-bond donors (Lipinski definition) is 2. The van der Waals surface area contributed by atoms with Gasteiger partial charge < -0.3 is 10.6 Å². The van der Waals surface area contributed by atoms with Crippen LogP contribution in [0.15, 0.2) is 5.38 Å². The maximum atomic E-state index is 12.2. The van der Waals surface area contributed by atoms with Crippen molar-refractivity contribution in [1.29, 1.82) is 0 Å². The van der Waals surface area contributed by atoms with Gasteiger partial charge in [-0.3, -0.25) is 9.69 Å². The Balaban J connectivity index is 1.50. The lowest BCUT2D eigenvalue weighted by Crippen LogP contribution is -2.42. The minimum absolute atomic E-state index is 0.0583. The third kappa shape index (κ3) is 4.76. The van der Waals surface area contributed by atoms with Crippen molar-refractivity contribution < 1.29 is 4.79 Å². The van der Waals surface area contributed by atoms with Crippen LogP contribution >= 0.6 is 11.3 Å². The lowest BCUT2D eigenvalue weighted by molar-refractivity contribution is -0.117. The number of thiazole rings is 1. The van der Waals surface area contributed by atoms with Gasteiger partial charge in [-0.2, -0.15) is 0 Å². The highest BCUT2D eigenvalue weighted by Gasteiger charge is 2.27. The highest BCUT2D eigenvalue weighted by atomic mass is 32.1. The summed E-state index contributed by atoms with van der Waals surface area (Å²) in [6.07, 6.45) is 5.13. The molecule has 3 rings (SSSR count). The van der Waals surface area contributed by atoms with Crippen molar-refractivity contribution in [3.8, 4) is 0 Å². The van der Waals surface area contributed by atoms with E-state index in [2.05, 4.69) is 20.5 Å². The number of carbonyl (C=O) groups excluding carboxylic acids is 1. The Morgan fingerprint density at radius 2 is 2.33 bits per heavy atom. The Labute approximate surface area is 130 Å². The molecule has 1 aliphatic heterocycles. The molecule has 1 atom stereocenters. The van der Waals surface area contributed by atoms with E-state index in [9.17, 15) is 4.79 Å². The summed E-state index contributed by atoms with van der Waals surface area (Å²) in [6, 6.07) is 0.554. The molecule has 0 radical (unpaired) electrons. The maximum absolute atomic E-state index is 12.2. The van der Waals surface area contributed by atoms with Crippen LogP contribution in [0.3, 0.4) is 0 Å². The minimum Gasteiger partial charge on any atom is -0.313 e. The van der Waals surface area contributed by atoms with Gasteiger partial charge in [-0.05, 0) is 45.1 Å². The molecule has 21 heavy (non-hydrogen) atoms. The van der Waals surface area contributed by atoms with Crippen molar-refractivity contribution >= 4 is 22.4 Å².